The summed E-state index contributed by atoms with van der Waals surface area (Å²) in [4.78, 5) is 34.8. The van der Waals surface area contributed by atoms with E-state index in [4.69, 9.17) is 5.73 Å². The van der Waals surface area contributed by atoms with Gasteiger partial charge in [0.25, 0.3) is 5.91 Å². The van der Waals surface area contributed by atoms with Crippen molar-refractivity contribution in [2.45, 2.75) is 39.5 Å². The van der Waals surface area contributed by atoms with Crippen LogP contribution in [0.2, 0.25) is 0 Å². The molecule has 36 heavy (non-hydrogen) atoms. The van der Waals surface area contributed by atoms with Gasteiger partial charge >= 0.3 is 0 Å². The average Bonchev–Trinajstić information content (AvgIpc) is 3.29. The van der Waals surface area contributed by atoms with Crippen molar-refractivity contribution in [1.82, 2.24) is 9.80 Å². The predicted molar refractivity (Wildman–Crippen MR) is 146 cm³/mol. The maximum absolute atomic E-state index is 13.3. The van der Waals surface area contributed by atoms with Gasteiger partial charge in [-0.1, -0.05) is 38.1 Å². The number of anilines is 1. The lowest BCUT2D eigenvalue weighted by Crippen LogP contribution is -2.34. The zero-order chi connectivity index (χ0) is 25.5. The molecule has 7 nitrogen and oxygen atoms in total. The Bertz CT molecular complexity index is 1140. The molecule has 2 aliphatic rings. The van der Waals surface area contributed by atoms with Gasteiger partial charge in [0, 0.05) is 61.5 Å². The highest BCUT2D eigenvalue weighted by Gasteiger charge is 2.28. The average molecular weight is 488 g/mol. The standard InChI is InChI=1S/C29H37N5O2/c1-3-13-33(14-4-2)29(36)24-16-22-10-11-23(17-26(22)32-27(30)18-24)28(35)34-15-12-21(20-34)19-31-25-8-6-5-7-9-25/h5-11,16-17,21,31H,3-4,12-15,18-20H2,1-2H3,(H2,30,32). The monoisotopic (exact) mass is 487 g/mol. The van der Waals surface area contributed by atoms with Gasteiger partial charge in [0.05, 0.1) is 5.69 Å². The number of fused-ring (bicyclic) bond motifs is 1. The van der Waals surface area contributed by atoms with E-state index >= 15 is 0 Å². The number of aliphatic imine (C=N–C) groups is 1. The van der Waals surface area contributed by atoms with Crippen LogP contribution in [0.3, 0.4) is 0 Å². The number of amidine groups is 1. The third kappa shape index (κ3) is 6.14. The summed E-state index contributed by atoms with van der Waals surface area (Å²) in [6, 6.07) is 15.7. The summed E-state index contributed by atoms with van der Waals surface area (Å²) in [6.45, 7) is 7.90. The minimum absolute atomic E-state index is 0.00961. The van der Waals surface area contributed by atoms with Crippen molar-refractivity contribution >= 4 is 35.1 Å². The first-order valence-corrected chi connectivity index (χ1v) is 13.0. The second kappa shape index (κ2) is 11.9. The number of nitrogens with zero attached hydrogens (tertiary/aromatic N) is 3. The van der Waals surface area contributed by atoms with Crippen LogP contribution in [-0.2, 0) is 4.79 Å². The molecule has 1 fully saturated rings. The first-order valence-electron chi connectivity index (χ1n) is 13.0. The molecule has 0 saturated carbocycles. The van der Waals surface area contributed by atoms with Crippen molar-refractivity contribution in [3.05, 3.63) is 65.2 Å². The molecule has 3 N–H and O–H groups in total. The molecule has 2 amide bonds. The molecule has 0 bridgehead atoms. The summed E-state index contributed by atoms with van der Waals surface area (Å²) in [6.07, 6.45) is 4.98. The van der Waals surface area contributed by atoms with E-state index in [0.717, 1.165) is 63.2 Å². The van der Waals surface area contributed by atoms with Gasteiger partial charge in [-0.25, -0.2) is 4.99 Å². The Balaban J connectivity index is 1.45. The third-order valence-corrected chi connectivity index (χ3v) is 6.73. The van der Waals surface area contributed by atoms with Crippen molar-refractivity contribution in [2.24, 2.45) is 16.6 Å². The highest BCUT2D eigenvalue weighted by Crippen LogP contribution is 2.30. The SMILES string of the molecule is CCCN(CCC)C(=O)C1=Cc2ccc(C(=O)N3CCC(CNc4ccccc4)C3)cc2N=C(N)C1. The summed E-state index contributed by atoms with van der Waals surface area (Å²) in [5, 5.41) is 3.47. The molecule has 1 saturated heterocycles. The summed E-state index contributed by atoms with van der Waals surface area (Å²) < 4.78 is 0. The summed E-state index contributed by atoms with van der Waals surface area (Å²) in [5.74, 6) is 0.820. The van der Waals surface area contributed by atoms with Gasteiger partial charge in [0.15, 0.2) is 0 Å². The number of carbonyl (C=O) groups is 2. The number of likely N-dealkylation sites (tertiary alicyclic amines) is 1. The molecule has 0 radical (unpaired) electrons. The van der Waals surface area contributed by atoms with E-state index in [2.05, 4.69) is 36.3 Å². The first-order chi connectivity index (χ1) is 17.5. The van der Waals surface area contributed by atoms with Crippen LogP contribution < -0.4 is 11.1 Å². The number of para-hydroxylation sites is 1. The summed E-state index contributed by atoms with van der Waals surface area (Å²) in [7, 11) is 0. The number of nitrogens with one attached hydrogen (secondary N) is 1. The molecule has 0 spiro atoms. The fourth-order valence-corrected chi connectivity index (χ4v) is 4.90. The number of amides is 2. The van der Waals surface area contributed by atoms with E-state index in [1.807, 2.05) is 46.2 Å². The van der Waals surface area contributed by atoms with Gasteiger partial charge in [-0.05, 0) is 55.5 Å². The van der Waals surface area contributed by atoms with Gasteiger partial charge in [0.2, 0.25) is 5.91 Å². The second-order valence-electron chi connectivity index (χ2n) is 9.67. The maximum Gasteiger partial charge on any atom is 0.253 e. The molecule has 1 atom stereocenters. The minimum atomic E-state index is 0.00961. The predicted octanol–water partition coefficient (Wildman–Crippen LogP) is 4.69. The number of rotatable bonds is 9. The van der Waals surface area contributed by atoms with E-state index in [1.54, 1.807) is 6.07 Å². The number of carbonyl (C=O) groups excluding carboxylic acids is 2. The van der Waals surface area contributed by atoms with Crippen molar-refractivity contribution in [3.63, 3.8) is 0 Å². The van der Waals surface area contributed by atoms with Gasteiger partial charge in [0.1, 0.15) is 5.84 Å². The molecule has 2 heterocycles. The van der Waals surface area contributed by atoms with Gasteiger partial charge in [-0.2, -0.15) is 0 Å². The topological polar surface area (TPSA) is 91.0 Å². The molecule has 7 heteroatoms. The van der Waals surface area contributed by atoms with E-state index in [0.29, 0.717) is 35.0 Å². The zero-order valence-electron chi connectivity index (χ0n) is 21.4. The number of benzene rings is 2. The van der Waals surface area contributed by atoms with E-state index < -0.39 is 0 Å². The molecular weight excluding hydrogens is 450 g/mol. The van der Waals surface area contributed by atoms with Gasteiger partial charge in [-0.3, -0.25) is 9.59 Å². The van der Waals surface area contributed by atoms with Crippen LogP contribution in [0.1, 0.15) is 55.5 Å². The number of hydrogen-bond acceptors (Lipinski definition) is 5. The Labute approximate surface area is 214 Å². The Morgan fingerprint density at radius 1 is 1.11 bits per heavy atom. The smallest absolute Gasteiger partial charge is 0.253 e. The minimum Gasteiger partial charge on any atom is -0.387 e. The van der Waals surface area contributed by atoms with Gasteiger partial charge in [-0.15, -0.1) is 0 Å². The molecule has 0 aromatic heterocycles. The molecule has 190 valence electrons. The van der Waals surface area contributed by atoms with E-state index in [1.165, 1.54) is 0 Å². The van der Waals surface area contributed by atoms with Crippen LogP contribution in [-0.4, -0.2) is 60.2 Å². The Morgan fingerprint density at radius 2 is 1.86 bits per heavy atom. The van der Waals surface area contributed by atoms with Crippen molar-refractivity contribution < 1.29 is 9.59 Å². The second-order valence-corrected chi connectivity index (χ2v) is 9.67. The number of nitrogens with two attached hydrogens (primary N) is 1. The Morgan fingerprint density at radius 3 is 2.58 bits per heavy atom. The molecule has 2 aromatic carbocycles. The van der Waals surface area contributed by atoms with Crippen LogP contribution in [0.15, 0.2) is 59.1 Å². The molecule has 0 aliphatic carbocycles. The largest absolute Gasteiger partial charge is 0.387 e. The Kier molecular flexibility index (Phi) is 8.41. The van der Waals surface area contributed by atoms with E-state index in [-0.39, 0.29) is 11.8 Å². The van der Waals surface area contributed by atoms with Crippen LogP contribution in [0, 0.1) is 5.92 Å². The summed E-state index contributed by atoms with van der Waals surface area (Å²) in [5.41, 5.74) is 10.0. The van der Waals surface area contributed by atoms with Crippen molar-refractivity contribution in [1.29, 1.82) is 0 Å². The van der Waals surface area contributed by atoms with Crippen molar-refractivity contribution in [3.8, 4) is 0 Å². The maximum atomic E-state index is 13.3. The molecule has 1 unspecified atom stereocenters. The van der Waals surface area contributed by atoms with Crippen molar-refractivity contribution in [2.75, 3.05) is 38.0 Å². The number of hydrogen-bond donors (Lipinski definition) is 2. The highest BCUT2D eigenvalue weighted by molar-refractivity contribution is 6.06. The molecule has 4 rings (SSSR count). The first kappa shape index (κ1) is 25.5. The highest BCUT2D eigenvalue weighted by atomic mass is 16.2. The van der Waals surface area contributed by atoms with Crippen LogP contribution >= 0.6 is 0 Å². The molecule has 2 aliphatic heterocycles. The van der Waals surface area contributed by atoms with Crippen LogP contribution in [0.25, 0.3) is 6.08 Å². The lowest BCUT2D eigenvalue weighted by Gasteiger charge is -2.22. The van der Waals surface area contributed by atoms with E-state index in [9.17, 15) is 9.59 Å². The van der Waals surface area contributed by atoms with Crippen LogP contribution in [0.5, 0.6) is 0 Å². The lowest BCUT2D eigenvalue weighted by atomic mass is 10.0. The quantitative estimate of drug-likeness (QED) is 0.537. The van der Waals surface area contributed by atoms with Crippen LogP contribution in [0.4, 0.5) is 11.4 Å². The molecule has 2 aromatic rings. The third-order valence-electron chi connectivity index (χ3n) is 6.73. The fraction of sp³-hybridized carbons (Fsp3) is 0.414. The summed E-state index contributed by atoms with van der Waals surface area (Å²) >= 11 is 0. The molecular formula is C29H37N5O2. The van der Waals surface area contributed by atoms with Gasteiger partial charge < -0.3 is 20.9 Å². The lowest BCUT2D eigenvalue weighted by molar-refractivity contribution is -0.127. The fourth-order valence-electron chi connectivity index (χ4n) is 4.90. The zero-order valence-corrected chi connectivity index (χ0v) is 21.4. The Hall–Kier alpha value is -3.61. The normalized spacial score (nSPS) is 17.1.